The highest BCUT2D eigenvalue weighted by Crippen LogP contribution is 2.14. The van der Waals surface area contributed by atoms with Gasteiger partial charge in [0.25, 0.3) is 0 Å². The van der Waals surface area contributed by atoms with E-state index < -0.39 is 0 Å². The summed E-state index contributed by atoms with van der Waals surface area (Å²) in [7, 11) is 0. The quantitative estimate of drug-likeness (QED) is 0.802. The third-order valence-electron chi connectivity index (χ3n) is 2.99. The molecule has 1 amide bonds. The topological polar surface area (TPSA) is 63.5 Å². The number of carbonyl (C=O) groups is 1. The molecule has 2 heterocycles. The molecule has 1 aromatic rings. The summed E-state index contributed by atoms with van der Waals surface area (Å²) in [6.07, 6.45) is 4.32. The van der Waals surface area contributed by atoms with Gasteiger partial charge in [-0.15, -0.1) is 0 Å². The van der Waals surface area contributed by atoms with Crippen LogP contribution in [0, 0.1) is 0 Å². The van der Waals surface area contributed by atoms with Crippen LogP contribution in [0.15, 0.2) is 27.3 Å². The molecule has 1 fully saturated rings. The molecule has 110 valence electrons. The molecular formula is C14H19BrN2O3. The van der Waals surface area contributed by atoms with Gasteiger partial charge in [0.05, 0.1) is 12.2 Å². The minimum Gasteiger partial charge on any atom is -0.450 e. The summed E-state index contributed by atoms with van der Waals surface area (Å²) in [6.45, 7) is 4.38. The van der Waals surface area contributed by atoms with Gasteiger partial charge in [0.2, 0.25) is 5.91 Å². The van der Waals surface area contributed by atoms with Crippen molar-refractivity contribution >= 4 is 27.9 Å². The predicted octanol–water partition coefficient (Wildman–Crippen LogP) is 1.94. The number of furan rings is 1. The fraction of sp³-hybridized carbons (Fsp3) is 0.500. The number of halogens is 1. The Morgan fingerprint density at radius 1 is 1.55 bits per heavy atom. The van der Waals surface area contributed by atoms with E-state index in [-0.39, 0.29) is 18.1 Å². The summed E-state index contributed by atoms with van der Waals surface area (Å²) in [4.78, 5) is 11.6. The lowest BCUT2D eigenvalue weighted by atomic mass is 10.2. The van der Waals surface area contributed by atoms with Gasteiger partial charge in [-0.1, -0.05) is 0 Å². The number of morpholine rings is 1. The first kappa shape index (κ1) is 15.3. The largest absolute Gasteiger partial charge is 0.450 e. The van der Waals surface area contributed by atoms with Crippen LogP contribution in [0.3, 0.4) is 0 Å². The smallest absolute Gasteiger partial charge is 0.244 e. The van der Waals surface area contributed by atoms with Crippen LogP contribution in [0.1, 0.15) is 19.1 Å². The van der Waals surface area contributed by atoms with Crippen molar-refractivity contribution in [1.82, 2.24) is 10.6 Å². The Hall–Kier alpha value is -1.11. The van der Waals surface area contributed by atoms with Gasteiger partial charge < -0.3 is 19.8 Å². The molecule has 2 rings (SSSR count). The maximum atomic E-state index is 11.6. The molecule has 1 aliphatic rings. The standard InChI is InChI=1S/C14H19BrN2O3/c1-10-8-16-9-12(19-10)6-7-17-14(18)5-3-11-2-4-13(15)20-11/h2-5,10,12,16H,6-9H2,1H3,(H,17,18)/b5-3+. The molecule has 0 aromatic carbocycles. The van der Waals surface area contributed by atoms with Gasteiger partial charge in [0.15, 0.2) is 4.67 Å². The van der Waals surface area contributed by atoms with Crippen molar-refractivity contribution in [2.45, 2.75) is 25.6 Å². The van der Waals surface area contributed by atoms with Crippen molar-refractivity contribution in [1.29, 1.82) is 0 Å². The van der Waals surface area contributed by atoms with Crippen molar-refractivity contribution < 1.29 is 13.9 Å². The van der Waals surface area contributed by atoms with Crippen LogP contribution in [0.4, 0.5) is 0 Å². The number of hydrogen-bond donors (Lipinski definition) is 2. The first-order valence-electron chi connectivity index (χ1n) is 6.71. The summed E-state index contributed by atoms with van der Waals surface area (Å²) < 4.78 is 11.7. The third kappa shape index (κ3) is 5.11. The maximum Gasteiger partial charge on any atom is 0.244 e. The zero-order chi connectivity index (χ0) is 14.4. The van der Waals surface area contributed by atoms with Crippen molar-refractivity contribution in [3.8, 4) is 0 Å². The maximum absolute atomic E-state index is 11.6. The van der Waals surface area contributed by atoms with Crippen molar-refractivity contribution in [3.63, 3.8) is 0 Å². The Balaban J connectivity index is 1.66. The van der Waals surface area contributed by atoms with Gasteiger partial charge >= 0.3 is 0 Å². The van der Waals surface area contributed by atoms with Crippen LogP contribution < -0.4 is 10.6 Å². The molecule has 1 aromatic heterocycles. The lowest BCUT2D eigenvalue weighted by Gasteiger charge is -2.28. The van der Waals surface area contributed by atoms with Crippen LogP contribution in [-0.4, -0.2) is 37.7 Å². The molecule has 6 heteroatoms. The highest BCUT2D eigenvalue weighted by atomic mass is 79.9. The van der Waals surface area contributed by atoms with Crippen LogP contribution in [0.5, 0.6) is 0 Å². The van der Waals surface area contributed by atoms with Crippen molar-refractivity contribution in [2.24, 2.45) is 0 Å². The van der Waals surface area contributed by atoms with E-state index in [4.69, 9.17) is 9.15 Å². The van der Waals surface area contributed by atoms with Crippen LogP contribution in [-0.2, 0) is 9.53 Å². The molecule has 0 bridgehead atoms. The number of nitrogens with one attached hydrogen (secondary N) is 2. The van der Waals surface area contributed by atoms with Crippen LogP contribution >= 0.6 is 15.9 Å². The number of hydrogen-bond acceptors (Lipinski definition) is 4. The van der Waals surface area contributed by atoms with E-state index in [1.807, 2.05) is 6.92 Å². The number of ether oxygens (including phenoxy) is 1. The fourth-order valence-corrected chi connectivity index (χ4v) is 2.35. The average molecular weight is 343 g/mol. The molecule has 2 unspecified atom stereocenters. The molecule has 5 nitrogen and oxygen atoms in total. The van der Waals surface area contributed by atoms with E-state index >= 15 is 0 Å². The van der Waals surface area contributed by atoms with E-state index in [1.165, 1.54) is 6.08 Å². The average Bonchev–Trinajstić information content (AvgIpc) is 2.82. The highest BCUT2D eigenvalue weighted by Gasteiger charge is 2.18. The van der Waals surface area contributed by atoms with Crippen LogP contribution in [0.25, 0.3) is 6.08 Å². The van der Waals surface area contributed by atoms with Gasteiger partial charge in [-0.25, -0.2) is 0 Å². The summed E-state index contributed by atoms with van der Waals surface area (Å²) >= 11 is 3.21. The second kappa shape index (κ2) is 7.61. The molecule has 0 radical (unpaired) electrons. The van der Waals surface area contributed by atoms with Gasteiger partial charge in [0, 0.05) is 25.7 Å². The number of rotatable bonds is 5. The molecule has 1 saturated heterocycles. The van der Waals surface area contributed by atoms with Gasteiger partial charge in [-0.05, 0) is 47.5 Å². The predicted molar refractivity (Wildman–Crippen MR) is 80.3 cm³/mol. The Morgan fingerprint density at radius 3 is 3.10 bits per heavy atom. The summed E-state index contributed by atoms with van der Waals surface area (Å²) in [5.74, 6) is 0.509. The summed E-state index contributed by atoms with van der Waals surface area (Å²) in [5.41, 5.74) is 0. The van der Waals surface area contributed by atoms with E-state index in [9.17, 15) is 4.79 Å². The molecule has 2 N–H and O–H groups in total. The molecule has 0 saturated carbocycles. The highest BCUT2D eigenvalue weighted by molar-refractivity contribution is 9.10. The molecule has 20 heavy (non-hydrogen) atoms. The van der Waals surface area contributed by atoms with Crippen molar-refractivity contribution in [2.75, 3.05) is 19.6 Å². The van der Waals surface area contributed by atoms with Gasteiger partial charge in [-0.2, -0.15) is 0 Å². The molecule has 0 spiro atoms. The van der Waals surface area contributed by atoms with E-state index in [0.29, 0.717) is 17.0 Å². The Labute approximate surface area is 126 Å². The van der Waals surface area contributed by atoms with E-state index in [0.717, 1.165) is 19.5 Å². The van der Waals surface area contributed by atoms with E-state index in [2.05, 4.69) is 26.6 Å². The zero-order valence-electron chi connectivity index (χ0n) is 11.4. The van der Waals surface area contributed by atoms with Gasteiger partial charge in [-0.3, -0.25) is 4.79 Å². The second-order valence-corrected chi connectivity index (χ2v) is 5.56. The minimum absolute atomic E-state index is 0.130. The number of carbonyl (C=O) groups excluding carboxylic acids is 1. The molecule has 0 aliphatic carbocycles. The lowest BCUT2D eigenvalue weighted by Crippen LogP contribution is -2.44. The summed E-state index contributed by atoms with van der Waals surface area (Å²) in [5, 5.41) is 6.14. The second-order valence-electron chi connectivity index (χ2n) is 4.78. The molecule has 1 aliphatic heterocycles. The van der Waals surface area contributed by atoms with Crippen LogP contribution in [0.2, 0.25) is 0 Å². The Kier molecular flexibility index (Phi) is 5.82. The Bertz CT molecular complexity index is 473. The number of amides is 1. The first-order chi connectivity index (χ1) is 9.63. The first-order valence-corrected chi connectivity index (χ1v) is 7.50. The van der Waals surface area contributed by atoms with Gasteiger partial charge in [0.1, 0.15) is 5.76 Å². The lowest BCUT2D eigenvalue weighted by molar-refractivity contribution is -0.116. The molecule has 2 atom stereocenters. The minimum atomic E-state index is -0.130. The molecular weight excluding hydrogens is 324 g/mol. The van der Waals surface area contributed by atoms with E-state index in [1.54, 1.807) is 18.2 Å². The third-order valence-corrected chi connectivity index (χ3v) is 3.41. The van der Waals surface area contributed by atoms with Crippen molar-refractivity contribution in [3.05, 3.63) is 28.6 Å². The Morgan fingerprint density at radius 2 is 2.40 bits per heavy atom. The summed E-state index contributed by atoms with van der Waals surface area (Å²) in [6, 6.07) is 3.57. The SMILES string of the molecule is CC1CNCC(CCNC(=O)/C=C/c2ccc(Br)o2)O1. The normalized spacial score (nSPS) is 23.1. The zero-order valence-corrected chi connectivity index (χ0v) is 13.0. The monoisotopic (exact) mass is 342 g/mol. The fourth-order valence-electron chi connectivity index (χ4n) is 2.03.